The summed E-state index contributed by atoms with van der Waals surface area (Å²) in [6, 6.07) is 5.99. The fourth-order valence-corrected chi connectivity index (χ4v) is 4.72. The largest absolute Gasteiger partial charge is 0.373 e. The number of ether oxygens (including phenoxy) is 1. The lowest BCUT2D eigenvalue weighted by Gasteiger charge is -2.37. The van der Waals surface area contributed by atoms with Crippen molar-refractivity contribution in [3.05, 3.63) is 28.2 Å². The van der Waals surface area contributed by atoms with E-state index >= 15 is 0 Å². The highest BCUT2D eigenvalue weighted by Gasteiger charge is 2.25. The van der Waals surface area contributed by atoms with Crippen molar-refractivity contribution in [2.45, 2.75) is 51.4 Å². The lowest BCUT2D eigenvalue weighted by atomic mass is 10.1. The summed E-state index contributed by atoms with van der Waals surface area (Å²) in [5, 5.41) is 2.83. The third-order valence-electron chi connectivity index (χ3n) is 3.95. The monoisotopic (exact) mass is 357 g/mol. The Bertz CT molecular complexity index is 499. The van der Waals surface area contributed by atoms with Crippen LogP contribution in [0.15, 0.2) is 18.2 Å². The SMILES string of the molecule is CC1CN(CCC(C)(C)[Si]c2ccc(Cl)c(Cl)c2)CC(C)O1. The van der Waals surface area contributed by atoms with Crippen LogP contribution in [0.2, 0.25) is 15.1 Å². The second-order valence-corrected chi connectivity index (χ2v) is 9.90. The molecular formula is C17H25Cl2NOSi. The fourth-order valence-electron chi connectivity index (χ4n) is 2.93. The van der Waals surface area contributed by atoms with E-state index in [0.717, 1.165) is 29.2 Å². The van der Waals surface area contributed by atoms with Crippen molar-refractivity contribution in [2.24, 2.45) is 0 Å². The average molecular weight is 358 g/mol. The molecule has 22 heavy (non-hydrogen) atoms. The molecule has 5 heteroatoms. The maximum absolute atomic E-state index is 6.12. The van der Waals surface area contributed by atoms with Crippen molar-refractivity contribution in [3.8, 4) is 0 Å². The molecule has 2 rings (SSSR count). The molecule has 1 heterocycles. The fraction of sp³-hybridized carbons (Fsp3) is 0.647. The van der Waals surface area contributed by atoms with Gasteiger partial charge in [0, 0.05) is 13.1 Å². The molecule has 0 saturated carbocycles. The molecule has 2 atom stereocenters. The Balaban J connectivity index is 1.88. The van der Waals surface area contributed by atoms with Gasteiger partial charge in [-0.25, -0.2) is 0 Å². The van der Waals surface area contributed by atoms with Gasteiger partial charge in [0.05, 0.1) is 31.8 Å². The summed E-state index contributed by atoms with van der Waals surface area (Å²) in [7, 11) is 0.732. The van der Waals surface area contributed by atoms with Gasteiger partial charge < -0.3 is 4.74 Å². The van der Waals surface area contributed by atoms with Crippen LogP contribution >= 0.6 is 23.2 Å². The van der Waals surface area contributed by atoms with Gasteiger partial charge in [0.2, 0.25) is 0 Å². The average Bonchev–Trinajstić information content (AvgIpc) is 2.40. The van der Waals surface area contributed by atoms with E-state index in [1.807, 2.05) is 12.1 Å². The molecule has 0 N–H and O–H groups in total. The number of halogens is 2. The Hall–Kier alpha value is -0.0631. The zero-order chi connectivity index (χ0) is 16.3. The topological polar surface area (TPSA) is 12.5 Å². The Kier molecular flexibility index (Phi) is 6.37. The molecule has 1 aromatic rings. The first-order valence-corrected chi connectivity index (χ1v) is 9.62. The molecule has 2 unspecified atom stereocenters. The minimum Gasteiger partial charge on any atom is -0.373 e. The van der Waals surface area contributed by atoms with Crippen LogP contribution in [-0.4, -0.2) is 46.3 Å². The maximum Gasteiger partial charge on any atom is 0.0872 e. The molecule has 122 valence electrons. The summed E-state index contributed by atoms with van der Waals surface area (Å²) >= 11 is 12.1. The highest BCUT2D eigenvalue weighted by molar-refractivity contribution is 6.57. The molecule has 0 aromatic heterocycles. The van der Waals surface area contributed by atoms with Gasteiger partial charge in [-0.1, -0.05) is 48.3 Å². The first-order chi connectivity index (χ1) is 10.2. The van der Waals surface area contributed by atoms with Crippen LogP contribution in [0.25, 0.3) is 0 Å². The number of morpholine rings is 1. The van der Waals surface area contributed by atoms with E-state index in [4.69, 9.17) is 27.9 Å². The van der Waals surface area contributed by atoms with Gasteiger partial charge in [-0.2, -0.15) is 0 Å². The molecule has 1 saturated heterocycles. The Morgan fingerprint density at radius 3 is 2.41 bits per heavy atom. The normalized spacial score (nSPS) is 23.7. The molecule has 1 aliphatic heterocycles. The number of nitrogens with zero attached hydrogens (tertiary/aromatic N) is 1. The van der Waals surface area contributed by atoms with Crippen LogP contribution < -0.4 is 5.19 Å². The van der Waals surface area contributed by atoms with Crippen LogP contribution in [0.1, 0.15) is 34.1 Å². The van der Waals surface area contributed by atoms with Crippen LogP contribution in [0.4, 0.5) is 0 Å². The van der Waals surface area contributed by atoms with Gasteiger partial charge in [0.25, 0.3) is 0 Å². The first-order valence-electron chi connectivity index (χ1n) is 7.86. The van der Waals surface area contributed by atoms with Crippen molar-refractivity contribution < 1.29 is 4.74 Å². The number of hydrogen-bond acceptors (Lipinski definition) is 2. The smallest absolute Gasteiger partial charge is 0.0872 e. The van der Waals surface area contributed by atoms with Gasteiger partial charge in [-0.3, -0.25) is 4.90 Å². The van der Waals surface area contributed by atoms with Crippen molar-refractivity contribution >= 4 is 37.9 Å². The predicted octanol–water partition coefficient (Wildman–Crippen LogP) is 4.02. The molecule has 0 amide bonds. The third kappa shape index (κ3) is 5.54. The highest BCUT2D eigenvalue weighted by Crippen LogP contribution is 2.29. The quantitative estimate of drug-likeness (QED) is 0.737. The molecule has 2 nitrogen and oxygen atoms in total. The molecule has 1 aliphatic rings. The van der Waals surface area contributed by atoms with Gasteiger partial charge in [0.1, 0.15) is 0 Å². The van der Waals surface area contributed by atoms with E-state index in [2.05, 4.69) is 38.7 Å². The van der Waals surface area contributed by atoms with E-state index in [1.54, 1.807) is 0 Å². The van der Waals surface area contributed by atoms with Gasteiger partial charge in [-0.05, 0) is 44.0 Å². The molecule has 0 bridgehead atoms. The number of benzene rings is 1. The number of rotatable bonds is 5. The van der Waals surface area contributed by atoms with Crippen molar-refractivity contribution in [2.75, 3.05) is 19.6 Å². The first kappa shape index (κ1) is 18.3. The molecule has 2 radical (unpaired) electrons. The standard InChI is InChI=1S/C17H25Cl2NOSi/c1-12-10-20(11-13(2)21-12)8-7-17(3,4)22-14-5-6-15(18)16(19)9-14/h5-6,9,12-13H,7-8,10-11H2,1-4H3. The van der Waals surface area contributed by atoms with E-state index in [1.165, 1.54) is 11.6 Å². The summed E-state index contributed by atoms with van der Waals surface area (Å²) in [6.07, 6.45) is 1.85. The summed E-state index contributed by atoms with van der Waals surface area (Å²) < 4.78 is 5.80. The van der Waals surface area contributed by atoms with E-state index < -0.39 is 0 Å². The zero-order valence-corrected chi connectivity index (χ0v) is 16.3. The Morgan fingerprint density at radius 2 is 1.82 bits per heavy atom. The zero-order valence-electron chi connectivity index (χ0n) is 13.8. The second kappa shape index (κ2) is 7.67. The second-order valence-electron chi connectivity index (χ2n) is 6.90. The van der Waals surface area contributed by atoms with Crippen LogP contribution in [0.3, 0.4) is 0 Å². The summed E-state index contributed by atoms with van der Waals surface area (Å²) in [6.45, 7) is 12.2. The molecule has 1 fully saturated rings. The van der Waals surface area contributed by atoms with Crippen LogP contribution in [0.5, 0.6) is 0 Å². The Morgan fingerprint density at radius 1 is 1.18 bits per heavy atom. The maximum atomic E-state index is 6.12. The molecular weight excluding hydrogens is 333 g/mol. The van der Waals surface area contributed by atoms with E-state index in [9.17, 15) is 0 Å². The van der Waals surface area contributed by atoms with Crippen molar-refractivity contribution in [3.63, 3.8) is 0 Å². The van der Waals surface area contributed by atoms with Crippen molar-refractivity contribution in [1.82, 2.24) is 4.90 Å². The molecule has 0 spiro atoms. The summed E-state index contributed by atoms with van der Waals surface area (Å²) in [5.41, 5.74) is 0. The third-order valence-corrected chi connectivity index (χ3v) is 6.22. The minimum atomic E-state index is 0.266. The van der Waals surface area contributed by atoms with Gasteiger partial charge in [0.15, 0.2) is 0 Å². The Labute approximate surface area is 146 Å². The van der Waals surface area contributed by atoms with Gasteiger partial charge in [-0.15, -0.1) is 0 Å². The van der Waals surface area contributed by atoms with Crippen molar-refractivity contribution in [1.29, 1.82) is 0 Å². The summed E-state index contributed by atoms with van der Waals surface area (Å²) in [4.78, 5) is 2.53. The predicted molar refractivity (Wildman–Crippen MR) is 97.0 cm³/mol. The lowest BCUT2D eigenvalue weighted by Crippen LogP contribution is -2.46. The minimum absolute atomic E-state index is 0.266. The number of hydrogen-bond donors (Lipinski definition) is 0. The summed E-state index contributed by atoms with van der Waals surface area (Å²) in [5.74, 6) is 0. The van der Waals surface area contributed by atoms with E-state index in [-0.39, 0.29) is 5.04 Å². The lowest BCUT2D eigenvalue weighted by molar-refractivity contribution is -0.0685. The van der Waals surface area contributed by atoms with Crippen LogP contribution in [0, 0.1) is 0 Å². The molecule has 1 aromatic carbocycles. The highest BCUT2D eigenvalue weighted by atomic mass is 35.5. The van der Waals surface area contributed by atoms with Crippen LogP contribution in [-0.2, 0) is 4.74 Å². The molecule has 0 aliphatic carbocycles. The van der Waals surface area contributed by atoms with Gasteiger partial charge >= 0.3 is 0 Å². The van der Waals surface area contributed by atoms with E-state index in [0.29, 0.717) is 22.3 Å².